The van der Waals surface area contributed by atoms with Crippen LogP contribution in [0.25, 0.3) is 11.2 Å². The zero-order valence-electron chi connectivity index (χ0n) is 19.4. The number of nitrogens with zero attached hydrogens (tertiary/aromatic N) is 3. The lowest BCUT2D eigenvalue weighted by atomic mass is 9.88. The molecule has 0 amide bonds. The molecule has 7 heteroatoms. The Balaban J connectivity index is 1.63. The van der Waals surface area contributed by atoms with Crippen molar-refractivity contribution in [2.24, 2.45) is 13.0 Å². The Morgan fingerprint density at radius 2 is 1.55 bits per heavy atom. The van der Waals surface area contributed by atoms with E-state index in [1.807, 2.05) is 16.7 Å². The van der Waals surface area contributed by atoms with Crippen LogP contribution < -0.4 is 16.6 Å². The third-order valence-electron chi connectivity index (χ3n) is 6.06. The summed E-state index contributed by atoms with van der Waals surface area (Å²) in [5.74, 6) is 1.33. The molecule has 4 rings (SSSR count). The largest absolute Gasteiger partial charge is 0.356 e. The molecule has 0 fully saturated rings. The number of aromatic amines is 1. The zero-order valence-corrected chi connectivity index (χ0v) is 19.4. The van der Waals surface area contributed by atoms with E-state index >= 15 is 0 Å². The Labute approximate surface area is 193 Å². The molecule has 2 N–H and O–H groups in total. The van der Waals surface area contributed by atoms with Crippen LogP contribution in [0.1, 0.15) is 43.7 Å². The minimum atomic E-state index is -0.458. The quantitative estimate of drug-likeness (QED) is 0.406. The monoisotopic (exact) mass is 445 g/mol. The normalized spacial score (nSPS) is 11.5. The van der Waals surface area contributed by atoms with Gasteiger partial charge in [0.25, 0.3) is 5.56 Å². The summed E-state index contributed by atoms with van der Waals surface area (Å²) >= 11 is 0. The maximum absolute atomic E-state index is 12.6. The lowest BCUT2D eigenvalue weighted by molar-refractivity contribution is 0.524. The molecule has 0 saturated carbocycles. The third-order valence-corrected chi connectivity index (χ3v) is 6.06. The molecule has 0 aliphatic rings. The van der Waals surface area contributed by atoms with E-state index in [2.05, 4.69) is 77.7 Å². The summed E-state index contributed by atoms with van der Waals surface area (Å²) in [7, 11) is 1.63. The van der Waals surface area contributed by atoms with Crippen LogP contribution in [0.4, 0.5) is 5.95 Å². The Morgan fingerprint density at radius 3 is 2.12 bits per heavy atom. The molecular formula is C26H31N5O2. The second-order valence-corrected chi connectivity index (χ2v) is 8.85. The Kier molecular flexibility index (Phi) is 6.77. The standard InChI is InChI=1S/C26H31N5O2/c1-18(2)15-17-31-22-23(30(3)26(33)29-24(22)32)28-25(31)27-16-14-21(19-10-6-4-7-11-19)20-12-8-5-9-13-20/h4-13,18,21H,14-17H2,1-3H3,(H,27,28)(H,29,32,33). The molecule has 0 bridgehead atoms. The number of nitrogens with one attached hydrogen (secondary N) is 2. The van der Waals surface area contributed by atoms with Gasteiger partial charge in [-0.25, -0.2) is 4.79 Å². The number of hydrogen-bond donors (Lipinski definition) is 2. The molecule has 0 aliphatic carbocycles. The van der Waals surface area contributed by atoms with Crippen LogP contribution in [0.5, 0.6) is 0 Å². The number of hydrogen-bond acceptors (Lipinski definition) is 4. The van der Waals surface area contributed by atoms with Crippen molar-refractivity contribution < 1.29 is 0 Å². The van der Waals surface area contributed by atoms with Gasteiger partial charge in [-0.3, -0.25) is 14.3 Å². The zero-order chi connectivity index (χ0) is 23.4. The predicted octanol–water partition coefficient (Wildman–Crippen LogP) is 4.10. The first-order valence-electron chi connectivity index (χ1n) is 11.5. The lowest BCUT2D eigenvalue weighted by Gasteiger charge is -2.19. The molecular weight excluding hydrogens is 414 g/mol. The van der Waals surface area contributed by atoms with Crippen molar-refractivity contribution in [1.29, 1.82) is 0 Å². The van der Waals surface area contributed by atoms with Crippen molar-refractivity contribution in [3.8, 4) is 0 Å². The number of fused-ring (bicyclic) bond motifs is 1. The van der Waals surface area contributed by atoms with E-state index in [1.54, 1.807) is 7.05 Å². The van der Waals surface area contributed by atoms with Crippen molar-refractivity contribution >= 4 is 17.1 Å². The fourth-order valence-electron chi connectivity index (χ4n) is 4.20. The van der Waals surface area contributed by atoms with Crippen molar-refractivity contribution in [3.63, 3.8) is 0 Å². The molecule has 0 saturated heterocycles. The lowest BCUT2D eigenvalue weighted by Crippen LogP contribution is -2.29. The number of anilines is 1. The molecule has 4 aromatic rings. The Morgan fingerprint density at radius 1 is 0.939 bits per heavy atom. The van der Waals surface area contributed by atoms with E-state index in [9.17, 15) is 9.59 Å². The highest BCUT2D eigenvalue weighted by atomic mass is 16.2. The van der Waals surface area contributed by atoms with Gasteiger partial charge in [0.05, 0.1) is 0 Å². The van der Waals surface area contributed by atoms with Crippen LogP contribution in [0.2, 0.25) is 0 Å². The molecule has 2 aromatic heterocycles. The second kappa shape index (κ2) is 9.90. The summed E-state index contributed by atoms with van der Waals surface area (Å²) in [5, 5.41) is 3.45. The average molecular weight is 446 g/mol. The third kappa shape index (κ3) is 4.92. The molecule has 0 aliphatic heterocycles. The number of imidazole rings is 1. The Hall–Kier alpha value is -3.61. The van der Waals surface area contributed by atoms with Gasteiger partial charge < -0.3 is 9.88 Å². The first-order chi connectivity index (χ1) is 16.0. The van der Waals surface area contributed by atoms with Gasteiger partial charge >= 0.3 is 5.69 Å². The molecule has 0 spiro atoms. The minimum absolute atomic E-state index is 0.237. The predicted molar refractivity (Wildman–Crippen MR) is 133 cm³/mol. The van der Waals surface area contributed by atoms with Gasteiger partial charge in [0, 0.05) is 26.1 Å². The molecule has 0 unspecified atom stereocenters. The number of H-pyrrole nitrogens is 1. The van der Waals surface area contributed by atoms with E-state index in [1.165, 1.54) is 15.7 Å². The molecule has 2 aromatic carbocycles. The van der Waals surface area contributed by atoms with Gasteiger partial charge in [-0.2, -0.15) is 4.98 Å². The van der Waals surface area contributed by atoms with Crippen LogP contribution in [-0.4, -0.2) is 25.6 Å². The summed E-state index contributed by atoms with van der Waals surface area (Å²) in [5.41, 5.74) is 2.50. The second-order valence-electron chi connectivity index (χ2n) is 8.85. The number of aromatic nitrogens is 4. The van der Waals surface area contributed by atoms with Crippen LogP contribution >= 0.6 is 0 Å². The minimum Gasteiger partial charge on any atom is -0.356 e. The number of benzene rings is 2. The highest BCUT2D eigenvalue weighted by molar-refractivity contribution is 5.74. The van der Waals surface area contributed by atoms with E-state index < -0.39 is 11.2 Å². The van der Waals surface area contributed by atoms with E-state index in [-0.39, 0.29) is 5.92 Å². The number of rotatable bonds is 9. The maximum atomic E-state index is 12.6. The Bertz CT molecular complexity index is 1280. The summed E-state index contributed by atoms with van der Waals surface area (Å²) in [4.78, 5) is 31.8. The molecule has 7 nitrogen and oxygen atoms in total. The van der Waals surface area contributed by atoms with E-state index in [0.29, 0.717) is 36.1 Å². The molecule has 2 heterocycles. The maximum Gasteiger partial charge on any atom is 0.329 e. The van der Waals surface area contributed by atoms with Crippen molar-refractivity contribution in [3.05, 3.63) is 92.6 Å². The van der Waals surface area contributed by atoms with Gasteiger partial charge in [0.1, 0.15) is 0 Å². The summed E-state index contributed by atoms with van der Waals surface area (Å²) < 4.78 is 3.30. The smallest absolute Gasteiger partial charge is 0.329 e. The van der Waals surface area contributed by atoms with Gasteiger partial charge in [-0.05, 0) is 29.9 Å². The summed E-state index contributed by atoms with van der Waals surface area (Å²) in [6, 6.07) is 21.0. The SMILES string of the molecule is CC(C)CCn1c(NCCC(c2ccccc2)c2ccccc2)nc2c1c(=O)[nH]c(=O)n2C. The van der Waals surface area contributed by atoms with Gasteiger partial charge in [-0.15, -0.1) is 0 Å². The highest BCUT2D eigenvalue weighted by Crippen LogP contribution is 2.28. The van der Waals surface area contributed by atoms with Crippen LogP contribution in [0.15, 0.2) is 70.3 Å². The van der Waals surface area contributed by atoms with Crippen molar-refractivity contribution in [1.82, 2.24) is 19.1 Å². The van der Waals surface area contributed by atoms with Gasteiger partial charge in [0.15, 0.2) is 11.2 Å². The van der Waals surface area contributed by atoms with Gasteiger partial charge in [-0.1, -0.05) is 74.5 Å². The van der Waals surface area contributed by atoms with Crippen molar-refractivity contribution in [2.75, 3.05) is 11.9 Å². The first-order valence-corrected chi connectivity index (χ1v) is 11.5. The van der Waals surface area contributed by atoms with E-state index in [4.69, 9.17) is 0 Å². The fraction of sp³-hybridized carbons (Fsp3) is 0.346. The van der Waals surface area contributed by atoms with Crippen LogP contribution in [0, 0.1) is 5.92 Å². The first kappa shape index (κ1) is 22.6. The van der Waals surface area contributed by atoms with E-state index in [0.717, 1.165) is 12.8 Å². The van der Waals surface area contributed by atoms with Gasteiger partial charge in [0.2, 0.25) is 5.95 Å². The highest BCUT2D eigenvalue weighted by Gasteiger charge is 2.19. The van der Waals surface area contributed by atoms with Crippen molar-refractivity contribution in [2.45, 2.75) is 39.2 Å². The van der Waals surface area contributed by atoms with Crippen LogP contribution in [-0.2, 0) is 13.6 Å². The number of aryl methyl sites for hydroxylation is 2. The topological polar surface area (TPSA) is 84.7 Å². The average Bonchev–Trinajstić information content (AvgIpc) is 3.19. The molecule has 172 valence electrons. The fourth-order valence-corrected chi connectivity index (χ4v) is 4.20. The molecule has 0 atom stereocenters. The summed E-state index contributed by atoms with van der Waals surface area (Å²) in [6.07, 6.45) is 1.76. The summed E-state index contributed by atoms with van der Waals surface area (Å²) in [6.45, 7) is 5.62. The molecule has 33 heavy (non-hydrogen) atoms. The van der Waals surface area contributed by atoms with Crippen LogP contribution in [0.3, 0.4) is 0 Å². The molecule has 0 radical (unpaired) electrons.